The molecule has 3 heteroatoms. The van der Waals surface area contributed by atoms with Gasteiger partial charge in [0.2, 0.25) is 5.91 Å². The van der Waals surface area contributed by atoms with E-state index in [0.29, 0.717) is 23.3 Å². The summed E-state index contributed by atoms with van der Waals surface area (Å²) >= 11 is 0. The average Bonchev–Trinajstić information content (AvgIpc) is 2.16. The Morgan fingerprint density at radius 3 is 2.40 bits per heavy atom. The first kappa shape index (κ1) is 11.2. The van der Waals surface area contributed by atoms with Crippen LogP contribution in [0.1, 0.15) is 29.3 Å². The maximum absolute atomic E-state index is 11.1. The van der Waals surface area contributed by atoms with E-state index in [-0.39, 0.29) is 0 Å². The standard InChI is InChI=1S/C12H14N2O/c1-8(2)7-11(13)9-5-3-4-6-10(9)12(14)15/h3-6,13H,1,7H2,2H3,(H2,14,15). The zero-order valence-electron chi connectivity index (χ0n) is 8.71. The molecule has 1 aromatic rings. The molecule has 1 aromatic carbocycles. The smallest absolute Gasteiger partial charge is 0.249 e. The van der Waals surface area contributed by atoms with Crippen molar-refractivity contribution >= 4 is 11.6 Å². The number of carbonyl (C=O) groups excluding carboxylic acids is 1. The van der Waals surface area contributed by atoms with Gasteiger partial charge in [-0.1, -0.05) is 30.4 Å². The van der Waals surface area contributed by atoms with Gasteiger partial charge in [0, 0.05) is 23.3 Å². The number of hydrogen-bond donors (Lipinski definition) is 2. The molecule has 0 heterocycles. The number of rotatable bonds is 4. The summed E-state index contributed by atoms with van der Waals surface area (Å²) in [5, 5.41) is 7.83. The van der Waals surface area contributed by atoms with E-state index in [2.05, 4.69) is 6.58 Å². The highest BCUT2D eigenvalue weighted by atomic mass is 16.1. The van der Waals surface area contributed by atoms with Gasteiger partial charge in [-0.05, 0) is 13.0 Å². The Morgan fingerprint density at radius 1 is 1.40 bits per heavy atom. The van der Waals surface area contributed by atoms with Crippen molar-refractivity contribution in [2.75, 3.05) is 0 Å². The number of primary amides is 1. The van der Waals surface area contributed by atoms with Gasteiger partial charge in [-0.3, -0.25) is 4.79 Å². The monoisotopic (exact) mass is 202 g/mol. The van der Waals surface area contributed by atoms with Gasteiger partial charge >= 0.3 is 0 Å². The van der Waals surface area contributed by atoms with Crippen molar-refractivity contribution in [3.63, 3.8) is 0 Å². The van der Waals surface area contributed by atoms with Crippen molar-refractivity contribution in [2.24, 2.45) is 5.73 Å². The highest BCUT2D eigenvalue weighted by molar-refractivity contribution is 6.09. The van der Waals surface area contributed by atoms with Crippen LogP contribution >= 0.6 is 0 Å². The highest BCUT2D eigenvalue weighted by Gasteiger charge is 2.10. The minimum Gasteiger partial charge on any atom is -0.366 e. The van der Waals surface area contributed by atoms with E-state index in [1.54, 1.807) is 24.3 Å². The zero-order chi connectivity index (χ0) is 11.4. The SMILES string of the molecule is C=C(C)CC(=N)c1ccccc1C(N)=O. The lowest BCUT2D eigenvalue weighted by molar-refractivity contribution is 0.1000. The predicted molar refractivity (Wildman–Crippen MR) is 61.2 cm³/mol. The van der Waals surface area contributed by atoms with E-state index < -0.39 is 5.91 Å². The molecule has 0 aliphatic rings. The van der Waals surface area contributed by atoms with Gasteiger partial charge in [0.05, 0.1) is 0 Å². The minimum absolute atomic E-state index is 0.372. The first-order valence-corrected chi connectivity index (χ1v) is 4.63. The van der Waals surface area contributed by atoms with Crippen molar-refractivity contribution in [2.45, 2.75) is 13.3 Å². The van der Waals surface area contributed by atoms with Crippen LogP contribution in [0.2, 0.25) is 0 Å². The molecule has 78 valence electrons. The summed E-state index contributed by atoms with van der Waals surface area (Å²) in [6.45, 7) is 5.59. The molecule has 0 saturated heterocycles. The molecule has 0 radical (unpaired) electrons. The Kier molecular flexibility index (Phi) is 3.39. The summed E-state index contributed by atoms with van der Waals surface area (Å²) in [6.07, 6.45) is 0.463. The van der Waals surface area contributed by atoms with Crippen molar-refractivity contribution in [1.82, 2.24) is 0 Å². The zero-order valence-corrected chi connectivity index (χ0v) is 8.71. The predicted octanol–water partition coefficient (Wildman–Crippen LogP) is 2.12. The second-order valence-corrected chi connectivity index (χ2v) is 3.52. The van der Waals surface area contributed by atoms with Gasteiger partial charge in [-0.25, -0.2) is 0 Å². The lowest BCUT2D eigenvalue weighted by Gasteiger charge is -2.07. The largest absolute Gasteiger partial charge is 0.366 e. The maximum atomic E-state index is 11.1. The molecule has 3 nitrogen and oxygen atoms in total. The van der Waals surface area contributed by atoms with Crippen LogP contribution in [-0.2, 0) is 0 Å². The average molecular weight is 202 g/mol. The highest BCUT2D eigenvalue weighted by Crippen LogP contribution is 2.12. The molecule has 0 aliphatic heterocycles. The molecule has 3 N–H and O–H groups in total. The van der Waals surface area contributed by atoms with Crippen LogP contribution in [0.4, 0.5) is 0 Å². The fraction of sp³-hybridized carbons (Fsp3) is 0.167. The molecule has 0 saturated carbocycles. The van der Waals surface area contributed by atoms with Crippen LogP contribution in [0.25, 0.3) is 0 Å². The molecule has 0 spiro atoms. The summed E-state index contributed by atoms with van der Waals surface area (Å²) in [7, 11) is 0. The van der Waals surface area contributed by atoms with Crippen LogP contribution in [0.15, 0.2) is 36.4 Å². The molecule has 0 aliphatic carbocycles. The lowest BCUT2D eigenvalue weighted by Crippen LogP contribution is -2.16. The molecule has 0 aromatic heterocycles. The summed E-state index contributed by atoms with van der Waals surface area (Å²) < 4.78 is 0. The molecule has 15 heavy (non-hydrogen) atoms. The Balaban J connectivity index is 3.08. The molecule has 0 bridgehead atoms. The van der Waals surface area contributed by atoms with Gasteiger partial charge < -0.3 is 11.1 Å². The van der Waals surface area contributed by atoms with Crippen LogP contribution in [0, 0.1) is 5.41 Å². The second kappa shape index (κ2) is 4.55. The number of carbonyl (C=O) groups is 1. The number of amides is 1. The molecule has 0 atom stereocenters. The van der Waals surface area contributed by atoms with Crippen molar-refractivity contribution < 1.29 is 4.79 Å². The van der Waals surface area contributed by atoms with E-state index in [0.717, 1.165) is 5.57 Å². The van der Waals surface area contributed by atoms with Gasteiger partial charge in [0.1, 0.15) is 0 Å². The summed E-state index contributed by atoms with van der Waals surface area (Å²) in [6, 6.07) is 6.88. The van der Waals surface area contributed by atoms with Crippen LogP contribution in [0.5, 0.6) is 0 Å². The Hall–Kier alpha value is -1.90. The molecular formula is C12H14N2O. The normalized spacial score (nSPS) is 9.67. The number of nitrogens with one attached hydrogen (secondary N) is 1. The van der Waals surface area contributed by atoms with Gasteiger partial charge in [-0.15, -0.1) is 0 Å². The van der Waals surface area contributed by atoms with Gasteiger partial charge in [0.25, 0.3) is 0 Å². The number of allylic oxidation sites excluding steroid dienone is 1. The van der Waals surface area contributed by atoms with Gasteiger partial charge in [-0.2, -0.15) is 0 Å². The van der Waals surface area contributed by atoms with Crippen LogP contribution < -0.4 is 5.73 Å². The van der Waals surface area contributed by atoms with E-state index in [1.165, 1.54) is 0 Å². The van der Waals surface area contributed by atoms with Crippen molar-refractivity contribution in [1.29, 1.82) is 5.41 Å². The van der Waals surface area contributed by atoms with Crippen molar-refractivity contribution in [3.8, 4) is 0 Å². The molecule has 0 unspecified atom stereocenters. The third-order valence-corrected chi connectivity index (χ3v) is 2.00. The summed E-state index contributed by atoms with van der Waals surface area (Å²) in [5.41, 5.74) is 7.47. The van der Waals surface area contributed by atoms with E-state index in [9.17, 15) is 4.79 Å². The Morgan fingerprint density at radius 2 is 1.93 bits per heavy atom. The van der Waals surface area contributed by atoms with E-state index in [1.807, 2.05) is 6.92 Å². The third kappa shape index (κ3) is 2.77. The third-order valence-electron chi connectivity index (χ3n) is 2.00. The fourth-order valence-electron chi connectivity index (χ4n) is 1.36. The fourth-order valence-corrected chi connectivity index (χ4v) is 1.36. The summed E-state index contributed by atoms with van der Waals surface area (Å²) in [5.74, 6) is -0.503. The molecule has 1 amide bonds. The molecule has 1 rings (SSSR count). The molecular weight excluding hydrogens is 188 g/mol. The lowest BCUT2D eigenvalue weighted by atomic mass is 9.98. The topological polar surface area (TPSA) is 66.9 Å². The quantitative estimate of drug-likeness (QED) is 0.570. The van der Waals surface area contributed by atoms with E-state index >= 15 is 0 Å². The number of benzene rings is 1. The first-order valence-electron chi connectivity index (χ1n) is 4.63. The van der Waals surface area contributed by atoms with Crippen LogP contribution in [0.3, 0.4) is 0 Å². The maximum Gasteiger partial charge on any atom is 0.249 e. The van der Waals surface area contributed by atoms with Crippen molar-refractivity contribution in [3.05, 3.63) is 47.5 Å². The first-order chi connectivity index (χ1) is 7.02. The number of hydrogen-bond acceptors (Lipinski definition) is 2. The van der Waals surface area contributed by atoms with E-state index in [4.69, 9.17) is 11.1 Å². The Labute approximate surface area is 89.1 Å². The minimum atomic E-state index is -0.503. The Bertz CT molecular complexity index is 421. The number of nitrogens with two attached hydrogens (primary N) is 1. The summed E-state index contributed by atoms with van der Waals surface area (Å²) in [4.78, 5) is 11.1. The van der Waals surface area contributed by atoms with Crippen LogP contribution in [-0.4, -0.2) is 11.6 Å². The van der Waals surface area contributed by atoms with Gasteiger partial charge in [0.15, 0.2) is 0 Å². The second-order valence-electron chi connectivity index (χ2n) is 3.52. The molecule has 0 fully saturated rings.